The Morgan fingerprint density at radius 1 is 1.05 bits per heavy atom. The monoisotopic (exact) mass is 602 g/mol. The summed E-state index contributed by atoms with van der Waals surface area (Å²) in [5.74, 6) is -0.361. The maximum atomic E-state index is 15.8. The van der Waals surface area contributed by atoms with Crippen molar-refractivity contribution in [1.82, 2.24) is 24.2 Å². The van der Waals surface area contributed by atoms with Crippen LogP contribution < -0.4 is 11.0 Å². The van der Waals surface area contributed by atoms with Crippen LogP contribution in [0.1, 0.15) is 53.8 Å². The Labute approximate surface area is 244 Å². The molecular weight excluding hydrogens is 570 g/mol. The van der Waals surface area contributed by atoms with E-state index in [1.54, 1.807) is 49.8 Å². The van der Waals surface area contributed by atoms with Gasteiger partial charge >= 0.3 is 5.69 Å². The van der Waals surface area contributed by atoms with Crippen LogP contribution in [0, 0.1) is 32.4 Å². The Morgan fingerprint density at radius 3 is 2.34 bits per heavy atom. The maximum absolute atomic E-state index is 15.8. The van der Waals surface area contributed by atoms with E-state index >= 15 is 4.39 Å². The van der Waals surface area contributed by atoms with Gasteiger partial charge in [0.15, 0.2) is 5.82 Å². The normalized spacial score (nSPS) is 18.0. The van der Waals surface area contributed by atoms with Gasteiger partial charge < -0.3 is 5.32 Å². The topological polar surface area (TPSA) is 86.2 Å². The van der Waals surface area contributed by atoms with Gasteiger partial charge in [0.25, 0.3) is 0 Å². The van der Waals surface area contributed by atoms with Crippen molar-refractivity contribution in [3.8, 4) is 17.2 Å². The number of aromatic nitrogens is 4. The van der Waals surface area contributed by atoms with E-state index in [4.69, 9.17) is 5.10 Å². The number of fused-ring (bicyclic) bond motifs is 1. The van der Waals surface area contributed by atoms with Crippen molar-refractivity contribution in [2.24, 2.45) is 4.36 Å². The molecule has 6 rings (SSSR count). The highest BCUT2D eigenvalue weighted by Gasteiger charge is 2.36. The highest BCUT2D eigenvalue weighted by atomic mass is 35.5. The van der Waals surface area contributed by atoms with Crippen LogP contribution in [0.2, 0.25) is 0 Å². The van der Waals surface area contributed by atoms with Gasteiger partial charge in [-0.1, -0.05) is 0 Å². The summed E-state index contributed by atoms with van der Waals surface area (Å²) in [6.45, 7) is 7.73. The molecule has 218 valence electrons. The van der Waals surface area contributed by atoms with Crippen LogP contribution in [-0.4, -0.2) is 42.0 Å². The van der Waals surface area contributed by atoms with Crippen molar-refractivity contribution >= 4 is 22.1 Å². The van der Waals surface area contributed by atoms with Crippen molar-refractivity contribution in [3.63, 3.8) is 0 Å². The number of rotatable bonds is 5. The fraction of sp³-hybridized carbons (Fsp3) is 0.379. The minimum Gasteiger partial charge on any atom is -0.310 e. The largest absolute Gasteiger partial charge is 0.338 e. The molecule has 2 aliphatic rings. The van der Waals surface area contributed by atoms with Crippen molar-refractivity contribution < 1.29 is 13.0 Å². The molecule has 2 aromatic heterocycles. The summed E-state index contributed by atoms with van der Waals surface area (Å²) < 4.78 is 52.4. The smallest absolute Gasteiger partial charge is 0.310 e. The van der Waals surface area contributed by atoms with Gasteiger partial charge in [-0.25, -0.2) is 26.8 Å². The lowest BCUT2D eigenvalue weighted by Crippen LogP contribution is -2.30. The molecule has 2 aromatic carbocycles. The SMILES string of the molecule is CN=S(=O)(c1ccc(-n2ccn(-c3c4c(nn3-c3cc(C)c(F)c(C)c3)CCN[C@H]4C)c2=O)c(F)c1C)C1CC1.Cl. The molecule has 1 aliphatic heterocycles. The third-order valence-corrected chi connectivity index (χ3v) is 11.0. The molecule has 1 unspecified atom stereocenters. The number of nitrogens with zero attached hydrogens (tertiary/aromatic N) is 5. The molecule has 0 amide bonds. The number of hydrogen-bond donors (Lipinski definition) is 1. The van der Waals surface area contributed by atoms with Gasteiger partial charge in [0.1, 0.15) is 11.6 Å². The number of nitrogens with one attached hydrogen (secondary N) is 1. The number of halogens is 3. The number of benzene rings is 2. The second kappa shape index (κ2) is 10.5. The molecule has 8 nitrogen and oxygen atoms in total. The summed E-state index contributed by atoms with van der Waals surface area (Å²) >= 11 is 0. The van der Waals surface area contributed by atoms with Crippen LogP contribution in [0.4, 0.5) is 8.78 Å². The van der Waals surface area contributed by atoms with E-state index in [1.807, 2.05) is 6.92 Å². The van der Waals surface area contributed by atoms with E-state index < -0.39 is 21.2 Å². The lowest BCUT2D eigenvalue weighted by molar-refractivity contribution is 0.536. The van der Waals surface area contributed by atoms with Gasteiger partial charge in [0.2, 0.25) is 0 Å². The second-order valence-corrected chi connectivity index (χ2v) is 13.3. The third kappa shape index (κ3) is 4.54. The average molecular weight is 603 g/mol. The van der Waals surface area contributed by atoms with Crippen molar-refractivity contribution in [3.05, 3.63) is 86.7 Å². The third-order valence-electron chi connectivity index (χ3n) is 8.03. The number of imidazole rings is 1. The van der Waals surface area contributed by atoms with Crippen molar-refractivity contribution in [1.29, 1.82) is 0 Å². The van der Waals surface area contributed by atoms with Crippen LogP contribution in [0.15, 0.2) is 50.7 Å². The molecule has 2 atom stereocenters. The standard InChI is InChI=1S/C29H32F2N6O2S.ClH/c1-16-14-20(15-17(2)26(16)30)37-28(25-19(4)33-11-10-22(25)34-37)36-13-12-35(29(36)38)23-8-9-24(18(3)27(23)31)40(39,32-5)21-6-7-21;/h8-9,12-15,19,21,33H,6-7,10-11H2,1-5H3;1H/t19-,40?;/m0./s1. The Bertz CT molecular complexity index is 1840. The van der Waals surface area contributed by atoms with Gasteiger partial charge in [-0.2, -0.15) is 5.10 Å². The molecule has 0 bridgehead atoms. The van der Waals surface area contributed by atoms with Crippen LogP contribution in [0.5, 0.6) is 0 Å². The molecule has 1 aliphatic carbocycles. The van der Waals surface area contributed by atoms with Crippen molar-refractivity contribution in [2.75, 3.05) is 13.6 Å². The van der Waals surface area contributed by atoms with E-state index in [0.29, 0.717) is 33.9 Å². The zero-order valence-corrected chi connectivity index (χ0v) is 25.2. The average Bonchev–Trinajstić information content (AvgIpc) is 3.63. The first-order valence-electron chi connectivity index (χ1n) is 13.4. The molecule has 0 saturated heterocycles. The Hall–Kier alpha value is -3.28. The molecule has 1 saturated carbocycles. The van der Waals surface area contributed by atoms with Gasteiger partial charge in [-0.15, -0.1) is 12.4 Å². The summed E-state index contributed by atoms with van der Waals surface area (Å²) in [6, 6.07) is 6.47. The zero-order chi connectivity index (χ0) is 28.5. The van der Waals surface area contributed by atoms with Gasteiger partial charge in [-0.3, -0.25) is 9.13 Å². The predicted molar refractivity (Wildman–Crippen MR) is 158 cm³/mol. The maximum Gasteiger partial charge on any atom is 0.338 e. The molecule has 3 heterocycles. The first kappa shape index (κ1) is 29.2. The fourth-order valence-electron chi connectivity index (χ4n) is 5.75. The van der Waals surface area contributed by atoms with E-state index in [-0.39, 0.29) is 40.8 Å². The lowest BCUT2D eigenvalue weighted by atomic mass is 10.0. The summed E-state index contributed by atoms with van der Waals surface area (Å²) in [7, 11) is -1.21. The molecule has 12 heteroatoms. The highest BCUT2D eigenvalue weighted by Crippen LogP contribution is 2.38. The van der Waals surface area contributed by atoms with E-state index in [2.05, 4.69) is 9.68 Å². The van der Waals surface area contributed by atoms with Crippen LogP contribution in [-0.2, 0) is 16.1 Å². The Kier molecular flexibility index (Phi) is 7.50. The first-order chi connectivity index (χ1) is 19.1. The molecule has 41 heavy (non-hydrogen) atoms. The van der Waals surface area contributed by atoms with Gasteiger partial charge in [0.05, 0.1) is 31.7 Å². The molecule has 0 spiro atoms. The van der Waals surface area contributed by atoms with Crippen LogP contribution in [0.25, 0.3) is 17.2 Å². The predicted octanol–water partition coefficient (Wildman–Crippen LogP) is 5.26. The molecular formula is C29H33ClF2N6O2S. The van der Waals surface area contributed by atoms with Gasteiger partial charge in [0, 0.05) is 54.8 Å². The lowest BCUT2D eigenvalue weighted by Gasteiger charge is -2.21. The number of hydrogen-bond acceptors (Lipinski definition) is 5. The Morgan fingerprint density at radius 2 is 1.71 bits per heavy atom. The molecule has 4 aromatic rings. The zero-order valence-electron chi connectivity index (χ0n) is 23.6. The molecule has 0 radical (unpaired) electrons. The highest BCUT2D eigenvalue weighted by molar-refractivity contribution is 7.94. The summed E-state index contributed by atoms with van der Waals surface area (Å²) in [6.07, 6.45) is 5.40. The second-order valence-electron chi connectivity index (χ2n) is 10.7. The number of aryl methyl sites for hydroxylation is 2. The molecule has 1 fully saturated rings. The Balaban J connectivity index is 0.00000337. The van der Waals surface area contributed by atoms with Crippen LogP contribution >= 0.6 is 12.4 Å². The quantitative estimate of drug-likeness (QED) is 0.337. The summed E-state index contributed by atoms with van der Waals surface area (Å²) in [4.78, 5) is 14.3. The van der Waals surface area contributed by atoms with E-state index in [1.165, 1.54) is 28.4 Å². The first-order valence-corrected chi connectivity index (χ1v) is 15.0. The summed E-state index contributed by atoms with van der Waals surface area (Å²) in [5, 5.41) is 8.22. The van der Waals surface area contributed by atoms with E-state index in [0.717, 1.165) is 30.6 Å². The van der Waals surface area contributed by atoms with Crippen LogP contribution in [0.3, 0.4) is 0 Å². The summed E-state index contributed by atoms with van der Waals surface area (Å²) in [5.41, 5.74) is 3.13. The molecule has 1 N–H and O–H groups in total. The minimum absolute atomic E-state index is 0. The van der Waals surface area contributed by atoms with Gasteiger partial charge in [-0.05, 0) is 75.9 Å². The van der Waals surface area contributed by atoms with E-state index in [9.17, 15) is 13.4 Å². The minimum atomic E-state index is -2.72. The fourth-order valence-corrected chi connectivity index (χ4v) is 8.17. The van der Waals surface area contributed by atoms with Crippen molar-refractivity contribution in [2.45, 2.75) is 63.1 Å².